The van der Waals surface area contributed by atoms with Gasteiger partial charge in [-0.1, -0.05) is 22.0 Å². The average Bonchev–Trinajstić information content (AvgIpc) is 2.91. The monoisotopic (exact) mass is 415 g/mol. The lowest BCUT2D eigenvalue weighted by atomic mass is 10.3. The molecule has 1 aromatic heterocycles. The molecule has 0 unspecified atom stereocenters. The summed E-state index contributed by atoms with van der Waals surface area (Å²) in [5.74, 6) is -0.201. The second-order valence-corrected chi connectivity index (χ2v) is 6.54. The Morgan fingerprint density at radius 3 is 2.90 bits per heavy atom. The zero-order valence-electron chi connectivity index (χ0n) is 10.3. The van der Waals surface area contributed by atoms with Crippen LogP contribution >= 0.6 is 43.2 Å². The molecule has 0 radical (unpaired) electrons. The summed E-state index contributed by atoms with van der Waals surface area (Å²) >= 11 is 8.36. The molecule has 1 aromatic carbocycles. The highest BCUT2D eigenvalue weighted by Gasteiger charge is 2.03. The molecule has 2 rings (SSSR count). The highest BCUT2D eigenvalue weighted by atomic mass is 79.9. The molecule has 0 spiro atoms. The summed E-state index contributed by atoms with van der Waals surface area (Å²) in [5, 5.41) is 8.88. The van der Waals surface area contributed by atoms with Crippen molar-refractivity contribution in [3.63, 3.8) is 0 Å². The third kappa shape index (κ3) is 4.73. The van der Waals surface area contributed by atoms with Crippen molar-refractivity contribution in [3.8, 4) is 0 Å². The van der Waals surface area contributed by atoms with Gasteiger partial charge in [-0.3, -0.25) is 4.79 Å². The van der Waals surface area contributed by atoms with Crippen LogP contribution < -0.4 is 10.7 Å². The van der Waals surface area contributed by atoms with Crippen molar-refractivity contribution in [2.75, 3.05) is 11.9 Å². The van der Waals surface area contributed by atoms with E-state index in [1.54, 1.807) is 17.6 Å². The van der Waals surface area contributed by atoms with Crippen LogP contribution in [0.1, 0.15) is 4.88 Å². The predicted octanol–water partition coefficient (Wildman–Crippen LogP) is 3.84. The van der Waals surface area contributed by atoms with E-state index in [-0.39, 0.29) is 12.5 Å². The molecule has 0 bridgehead atoms. The number of hydrogen-bond donors (Lipinski definition) is 2. The molecule has 2 N–H and O–H groups in total. The summed E-state index contributed by atoms with van der Waals surface area (Å²) in [7, 11) is 0. The van der Waals surface area contributed by atoms with Gasteiger partial charge in [0, 0.05) is 19.5 Å². The zero-order valence-corrected chi connectivity index (χ0v) is 14.3. The molecule has 1 heterocycles. The van der Waals surface area contributed by atoms with Gasteiger partial charge >= 0.3 is 0 Å². The minimum Gasteiger partial charge on any atom is -0.375 e. The number of nitrogens with one attached hydrogen (secondary N) is 2. The Bertz CT molecular complexity index is 614. The molecule has 0 aliphatic rings. The maximum absolute atomic E-state index is 11.6. The SMILES string of the molecule is O=C(CNc1ccc(Br)cc1Br)N/N=C\c1cccs1. The smallest absolute Gasteiger partial charge is 0.259 e. The topological polar surface area (TPSA) is 53.5 Å². The van der Waals surface area contributed by atoms with E-state index in [4.69, 9.17) is 0 Å². The lowest BCUT2D eigenvalue weighted by Crippen LogP contribution is -2.25. The van der Waals surface area contributed by atoms with E-state index in [1.807, 2.05) is 35.7 Å². The predicted molar refractivity (Wildman–Crippen MR) is 90.4 cm³/mol. The molecule has 7 heteroatoms. The largest absolute Gasteiger partial charge is 0.375 e. The summed E-state index contributed by atoms with van der Waals surface area (Å²) in [4.78, 5) is 12.6. The number of benzene rings is 1. The number of rotatable bonds is 5. The summed E-state index contributed by atoms with van der Waals surface area (Å²) in [6, 6.07) is 9.56. The minimum atomic E-state index is -0.201. The normalized spacial score (nSPS) is 10.7. The van der Waals surface area contributed by atoms with Crippen LogP contribution in [-0.2, 0) is 4.79 Å². The van der Waals surface area contributed by atoms with Gasteiger partial charge in [-0.25, -0.2) is 5.43 Å². The first-order chi connectivity index (χ1) is 9.65. The van der Waals surface area contributed by atoms with Crippen molar-refractivity contribution in [1.82, 2.24) is 5.43 Å². The number of anilines is 1. The standard InChI is InChI=1S/C13H11Br2N3OS/c14-9-3-4-12(11(15)6-9)16-8-13(19)18-17-7-10-2-1-5-20-10/h1-7,16H,8H2,(H,18,19)/b17-7-. The Morgan fingerprint density at radius 1 is 1.35 bits per heavy atom. The van der Waals surface area contributed by atoms with Gasteiger partial charge in [0.05, 0.1) is 12.8 Å². The van der Waals surface area contributed by atoms with Gasteiger partial charge in [0.25, 0.3) is 5.91 Å². The van der Waals surface area contributed by atoms with E-state index in [1.165, 1.54) is 0 Å². The third-order valence-electron chi connectivity index (χ3n) is 2.29. The lowest BCUT2D eigenvalue weighted by Gasteiger charge is -2.07. The lowest BCUT2D eigenvalue weighted by molar-refractivity contribution is -0.119. The number of nitrogens with zero attached hydrogens (tertiary/aromatic N) is 1. The Balaban J connectivity index is 1.80. The van der Waals surface area contributed by atoms with Crippen molar-refractivity contribution < 1.29 is 4.79 Å². The van der Waals surface area contributed by atoms with Crippen LogP contribution in [0.5, 0.6) is 0 Å². The first-order valence-electron chi connectivity index (χ1n) is 5.69. The summed E-state index contributed by atoms with van der Waals surface area (Å²) in [6.45, 7) is 0.155. The Kier molecular flexibility index (Phi) is 5.75. The molecule has 2 aromatic rings. The van der Waals surface area contributed by atoms with Gasteiger partial charge in [0.2, 0.25) is 0 Å². The van der Waals surface area contributed by atoms with E-state index in [0.717, 1.165) is 19.5 Å². The molecule has 1 amide bonds. The number of thiophene rings is 1. The maximum Gasteiger partial charge on any atom is 0.259 e. The number of hydrogen-bond acceptors (Lipinski definition) is 4. The second-order valence-electron chi connectivity index (χ2n) is 3.79. The molecular formula is C13H11Br2N3OS. The van der Waals surface area contributed by atoms with Crippen LogP contribution in [0.25, 0.3) is 0 Å². The van der Waals surface area contributed by atoms with Gasteiger partial charge in [0.15, 0.2) is 0 Å². The molecule has 20 heavy (non-hydrogen) atoms. The van der Waals surface area contributed by atoms with Gasteiger partial charge in [-0.05, 0) is 45.6 Å². The molecule has 4 nitrogen and oxygen atoms in total. The Hall–Kier alpha value is -1.18. The van der Waals surface area contributed by atoms with E-state index in [2.05, 4.69) is 47.7 Å². The molecule has 0 fully saturated rings. The third-order valence-corrected chi connectivity index (χ3v) is 4.25. The summed E-state index contributed by atoms with van der Waals surface area (Å²) < 4.78 is 1.86. The summed E-state index contributed by atoms with van der Waals surface area (Å²) in [5.41, 5.74) is 3.32. The first-order valence-corrected chi connectivity index (χ1v) is 8.16. The van der Waals surface area contributed by atoms with Gasteiger partial charge in [0.1, 0.15) is 0 Å². The van der Waals surface area contributed by atoms with Crippen molar-refractivity contribution in [1.29, 1.82) is 0 Å². The van der Waals surface area contributed by atoms with Gasteiger partial charge in [-0.15, -0.1) is 11.3 Å². The zero-order chi connectivity index (χ0) is 14.4. The van der Waals surface area contributed by atoms with Crippen LogP contribution in [0.2, 0.25) is 0 Å². The van der Waals surface area contributed by atoms with Crippen molar-refractivity contribution in [3.05, 3.63) is 49.5 Å². The molecule has 0 saturated heterocycles. The molecule has 104 valence electrons. The minimum absolute atomic E-state index is 0.155. The van der Waals surface area contributed by atoms with Crippen LogP contribution in [-0.4, -0.2) is 18.7 Å². The van der Waals surface area contributed by atoms with E-state index in [0.29, 0.717) is 0 Å². The highest BCUT2D eigenvalue weighted by molar-refractivity contribution is 9.11. The number of carbonyl (C=O) groups is 1. The van der Waals surface area contributed by atoms with E-state index in [9.17, 15) is 4.79 Å². The van der Waals surface area contributed by atoms with Crippen LogP contribution in [0.4, 0.5) is 5.69 Å². The fourth-order valence-electron chi connectivity index (χ4n) is 1.38. The van der Waals surface area contributed by atoms with Gasteiger partial charge < -0.3 is 5.32 Å². The van der Waals surface area contributed by atoms with Crippen LogP contribution in [0.15, 0.2) is 49.8 Å². The average molecular weight is 417 g/mol. The molecule has 0 saturated carbocycles. The van der Waals surface area contributed by atoms with Crippen LogP contribution in [0.3, 0.4) is 0 Å². The van der Waals surface area contributed by atoms with E-state index >= 15 is 0 Å². The van der Waals surface area contributed by atoms with Crippen molar-refractivity contribution in [2.24, 2.45) is 5.10 Å². The fourth-order valence-corrected chi connectivity index (χ4v) is 3.15. The number of hydrazone groups is 1. The first kappa shape index (κ1) is 15.2. The fraction of sp³-hybridized carbons (Fsp3) is 0.0769. The molecular weight excluding hydrogens is 406 g/mol. The Morgan fingerprint density at radius 2 is 2.20 bits per heavy atom. The Labute approximate surface area is 137 Å². The number of halogens is 2. The number of carbonyl (C=O) groups excluding carboxylic acids is 1. The van der Waals surface area contributed by atoms with E-state index < -0.39 is 0 Å². The maximum atomic E-state index is 11.6. The van der Waals surface area contributed by atoms with Gasteiger partial charge in [-0.2, -0.15) is 5.10 Å². The van der Waals surface area contributed by atoms with Crippen LogP contribution in [0, 0.1) is 0 Å². The van der Waals surface area contributed by atoms with Crippen molar-refractivity contribution >= 4 is 61.0 Å². The molecule has 0 aliphatic carbocycles. The second kappa shape index (κ2) is 7.56. The summed E-state index contributed by atoms with van der Waals surface area (Å²) in [6.07, 6.45) is 1.62. The quantitative estimate of drug-likeness (QED) is 0.574. The number of amides is 1. The van der Waals surface area contributed by atoms with Crippen molar-refractivity contribution in [2.45, 2.75) is 0 Å². The molecule has 0 atom stereocenters. The highest BCUT2D eigenvalue weighted by Crippen LogP contribution is 2.25. The molecule has 0 aliphatic heterocycles.